The fourth-order valence-corrected chi connectivity index (χ4v) is 4.12. The summed E-state index contributed by atoms with van der Waals surface area (Å²) in [6.45, 7) is 26.1. The van der Waals surface area contributed by atoms with Crippen LogP contribution in [-0.2, 0) is 5.41 Å². The molecule has 27 heavy (non-hydrogen) atoms. The molecule has 0 amide bonds. The number of hydrogen-bond donors (Lipinski definition) is 0. The van der Waals surface area contributed by atoms with Crippen LogP contribution in [0.5, 0.6) is 0 Å². The Bertz CT molecular complexity index is 757. The largest absolute Gasteiger partial charge is 0.258 e. The highest BCUT2D eigenvalue weighted by atomic mass is 32.1. The minimum absolute atomic E-state index is 0.0158. The first kappa shape index (κ1) is 23.6. The number of aliphatic imine (C=N–C) groups is 1. The first-order chi connectivity index (χ1) is 12.4. The third-order valence-corrected chi connectivity index (χ3v) is 7.12. The Labute approximate surface area is 171 Å². The Kier molecular flexibility index (Phi) is 8.41. The number of aromatic nitrogens is 1. The maximum Gasteiger partial charge on any atom is 0.0900 e. The summed E-state index contributed by atoms with van der Waals surface area (Å²) < 4.78 is 0. The van der Waals surface area contributed by atoms with Crippen LogP contribution in [0.4, 0.5) is 0 Å². The van der Waals surface area contributed by atoms with Gasteiger partial charge in [-0.3, -0.25) is 4.99 Å². The number of hydrogen-bond acceptors (Lipinski definition) is 3. The van der Waals surface area contributed by atoms with Gasteiger partial charge < -0.3 is 0 Å². The van der Waals surface area contributed by atoms with Gasteiger partial charge in [0.05, 0.1) is 16.4 Å². The fraction of sp³-hybridized carbons (Fsp3) is 0.583. The van der Waals surface area contributed by atoms with Crippen LogP contribution in [-0.4, -0.2) is 10.7 Å². The van der Waals surface area contributed by atoms with Gasteiger partial charge in [-0.1, -0.05) is 54.2 Å². The lowest BCUT2D eigenvalue weighted by molar-refractivity contribution is 0.402. The van der Waals surface area contributed by atoms with E-state index in [2.05, 4.69) is 86.9 Å². The van der Waals surface area contributed by atoms with Gasteiger partial charge in [0.1, 0.15) is 0 Å². The molecule has 150 valence electrons. The average molecular weight is 387 g/mol. The molecule has 3 heteroatoms. The van der Waals surface area contributed by atoms with Crippen molar-refractivity contribution in [2.75, 3.05) is 0 Å². The molecule has 0 aromatic carbocycles. The molecule has 1 aromatic heterocycles. The van der Waals surface area contributed by atoms with Gasteiger partial charge >= 0.3 is 0 Å². The summed E-state index contributed by atoms with van der Waals surface area (Å²) in [5.41, 5.74) is 5.92. The Hall–Kier alpha value is -1.48. The number of rotatable bonds is 8. The van der Waals surface area contributed by atoms with Crippen LogP contribution in [0, 0.1) is 25.7 Å². The van der Waals surface area contributed by atoms with Gasteiger partial charge in [-0.15, -0.1) is 11.3 Å². The first-order valence-corrected chi connectivity index (χ1v) is 10.8. The van der Waals surface area contributed by atoms with Crippen molar-refractivity contribution in [3.8, 4) is 0 Å². The molecule has 1 aromatic rings. The average Bonchev–Trinajstić information content (AvgIpc) is 2.95. The molecular formula is C24H38N2S. The smallest absolute Gasteiger partial charge is 0.0900 e. The molecule has 2 nitrogen and oxygen atoms in total. The normalized spacial score (nSPS) is 15.8. The second-order valence-electron chi connectivity index (χ2n) is 8.37. The molecule has 1 heterocycles. The lowest BCUT2D eigenvalue weighted by atomic mass is 9.74. The van der Waals surface area contributed by atoms with Gasteiger partial charge in [-0.25, -0.2) is 4.98 Å². The summed E-state index contributed by atoms with van der Waals surface area (Å²) in [5, 5.41) is 1.13. The lowest BCUT2D eigenvalue weighted by Crippen LogP contribution is -2.27. The number of nitrogens with zero attached hydrogens (tertiary/aromatic N) is 2. The SMILES string of the molecule is C=C\C(=C/C(/N=C(\C)C(C)C)=C(/C)CC)C(C)C(C)(C)c1sc(C)nc1C. The van der Waals surface area contributed by atoms with E-state index in [4.69, 9.17) is 4.99 Å². The molecule has 0 spiro atoms. The Morgan fingerprint density at radius 1 is 1.22 bits per heavy atom. The zero-order valence-electron chi connectivity index (χ0n) is 19.0. The van der Waals surface area contributed by atoms with E-state index in [0.717, 1.165) is 22.8 Å². The lowest BCUT2D eigenvalue weighted by Gasteiger charge is -2.32. The molecule has 0 aliphatic rings. The third-order valence-electron chi connectivity index (χ3n) is 5.71. The quantitative estimate of drug-likeness (QED) is 0.334. The van der Waals surface area contributed by atoms with E-state index in [9.17, 15) is 0 Å². The monoisotopic (exact) mass is 386 g/mol. The van der Waals surface area contributed by atoms with Crippen LogP contribution >= 0.6 is 11.3 Å². The molecule has 1 unspecified atom stereocenters. The Balaban J connectivity index is 3.43. The van der Waals surface area contributed by atoms with Crippen LogP contribution in [0.1, 0.15) is 77.4 Å². The van der Waals surface area contributed by atoms with Crippen LogP contribution in [0.15, 0.2) is 40.6 Å². The minimum atomic E-state index is -0.0158. The van der Waals surface area contributed by atoms with Crippen molar-refractivity contribution in [3.63, 3.8) is 0 Å². The Morgan fingerprint density at radius 2 is 1.81 bits per heavy atom. The van der Waals surface area contributed by atoms with Crippen molar-refractivity contribution < 1.29 is 0 Å². The van der Waals surface area contributed by atoms with Gasteiger partial charge in [-0.2, -0.15) is 0 Å². The predicted molar refractivity (Wildman–Crippen MR) is 123 cm³/mol. The summed E-state index contributed by atoms with van der Waals surface area (Å²) in [6.07, 6.45) is 5.24. The molecule has 1 rings (SSSR count). The van der Waals surface area contributed by atoms with E-state index in [1.165, 1.54) is 21.7 Å². The second-order valence-corrected chi connectivity index (χ2v) is 9.57. The number of allylic oxidation sites excluding steroid dienone is 4. The van der Waals surface area contributed by atoms with Crippen molar-refractivity contribution in [3.05, 3.63) is 51.2 Å². The maximum absolute atomic E-state index is 4.96. The summed E-state index contributed by atoms with van der Waals surface area (Å²) >= 11 is 1.81. The molecule has 0 radical (unpaired) electrons. The molecule has 0 fully saturated rings. The first-order valence-electron chi connectivity index (χ1n) is 9.99. The summed E-state index contributed by atoms with van der Waals surface area (Å²) in [4.78, 5) is 11.0. The molecule has 0 aliphatic carbocycles. The highest BCUT2D eigenvalue weighted by Gasteiger charge is 2.33. The van der Waals surface area contributed by atoms with E-state index in [1.807, 2.05) is 17.4 Å². The number of aryl methyl sites for hydroxylation is 2. The molecular weight excluding hydrogens is 348 g/mol. The molecule has 1 atom stereocenters. The van der Waals surface area contributed by atoms with Crippen LogP contribution in [0.3, 0.4) is 0 Å². The van der Waals surface area contributed by atoms with Gasteiger partial charge in [0.25, 0.3) is 0 Å². The zero-order chi connectivity index (χ0) is 20.9. The van der Waals surface area contributed by atoms with Gasteiger partial charge in [0.2, 0.25) is 0 Å². The summed E-state index contributed by atoms with van der Waals surface area (Å²) in [7, 11) is 0. The van der Waals surface area contributed by atoms with Crippen molar-refractivity contribution in [1.29, 1.82) is 0 Å². The second kappa shape index (κ2) is 9.64. The third kappa shape index (κ3) is 5.75. The molecule has 0 saturated heterocycles. The fourth-order valence-electron chi connectivity index (χ4n) is 3.01. The van der Waals surface area contributed by atoms with Crippen molar-refractivity contribution in [2.45, 2.75) is 81.1 Å². The summed E-state index contributed by atoms with van der Waals surface area (Å²) in [5.74, 6) is 0.754. The van der Waals surface area contributed by atoms with Crippen LogP contribution in [0.2, 0.25) is 0 Å². The van der Waals surface area contributed by atoms with E-state index >= 15 is 0 Å². The minimum Gasteiger partial charge on any atom is -0.258 e. The van der Waals surface area contributed by atoms with Gasteiger partial charge in [-0.05, 0) is 63.2 Å². The standard InChI is InChI=1S/C24H38N2S/c1-12-16(5)22(26-18(7)15(3)4)14-21(13-2)17(6)24(10,11)23-19(8)25-20(9)27-23/h13-15,17H,2,12H2,1,3-11H3/b21-14+,22-16+,26-18+. The van der Waals surface area contributed by atoms with E-state index in [1.54, 1.807) is 0 Å². The van der Waals surface area contributed by atoms with Gasteiger partial charge in [0.15, 0.2) is 0 Å². The van der Waals surface area contributed by atoms with Crippen LogP contribution < -0.4 is 0 Å². The number of thiazole rings is 1. The van der Waals surface area contributed by atoms with E-state index in [0.29, 0.717) is 11.8 Å². The Morgan fingerprint density at radius 3 is 2.22 bits per heavy atom. The van der Waals surface area contributed by atoms with Crippen molar-refractivity contribution >= 4 is 17.0 Å². The van der Waals surface area contributed by atoms with Crippen molar-refractivity contribution in [1.82, 2.24) is 4.98 Å². The zero-order valence-corrected chi connectivity index (χ0v) is 19.8. The predicted octanol–water partition coefficient (Wildman–Crippen LogP) is 7.59. The molecule has 0 saturated carbocycles. The summed E-state index contributed by atoms with van der Waals surface area (Å²) in [6, 6.07) is 0. The molecule has 0 aliphatic heterocycles. The highest BCUT2D eigenvalue weighted by Crippen LogP contribution is 2.41. The maximum atomic E-state index is 4.96. The topological polar surface area (TPSA) is 25.2 Å². The highest BCUT2D eigenvalue weighted by molar-refractivity contribution is 7.11. The van der Waals surface area contributed by atoms with Crippen LogP contribution in [0.25, 0.3) is 0 Å². The molecule has 0 N–H and O–H groups in total. The van der Waals surface area contributed by atoms with Gasteiger partial charge in [0, 0.05) is 16.0 Å². The van der Waals surface area contributed by atoms with Crippen molar-refractivity contribution in [2.24, 2.45) is 16.8 Å². The molecule has 0 bridgehead atoms. The van der Waals surface area contributed by atoms with E-state index < -0.39 is 0 Å². The van der Waals surface area contributed by atoms with E-state index in [-0.39, 0.29) is 5.41 Å².